The van der Waals surface area contributed by atoms with Gasteiger partial charge in [-0.2, -0.15) is 0 Å². The second kappa shape index (κ2) is 3.38. The number of aromatic hydroxyl groups is 1. The molecular weight excluding hydrogens is 200 g/mol. The molecule has 16 heavy (non-hydrogen) atoms. The van der Waals surface area contributed by atoms with Crippen LogP contribution in [-0.2, 0) is 0 Å². The van der Waals surface area contributed by atoms with E-state index in [1.807, 2.05) is 36.4 Å². The summed E-state index contributed by atoms with van der Waals surface area (Å²) in [5.41, 5.74) is 2.91. The number of aromatic nitrogens is 2. The van der Waals surface area contributed by atoms with Gasteiger partial charge in [-0.15, -0.1) is 0 Å². The SMILES string of the molecule is Oc1cnc2[nH]c(-c3ccccc3)cc2c1. The molecule has 0 aliphatic rings. The molecule has 0 unspecified atom stereocenters. The number of pyridine rings is 1. The van der Waals surface area contributed by atoms with Gasteiger partial charge in [0, 0.05) is 11.1 Å². The summed E-state index contributed by atoms with van der Waals surface area (Å²) in [7, 11) is 0. The Labute approximate surface area is 92.4 Å². The maximum atomic E-state index is 9.33. The lowest BCUT2D eigenvalue weighted by Crippen LogP contribution is -1.76. The third-order valence-corrected chi connectivity index (χ3v) is 2.54. The number of hydrogen-bond acceptors (Lipinski definition) is 2. The Bertz CT molecular complexity index is 629. The van der Waals surface area contributed by atoms with Crippen molar-refractivity contribution in [3.8, 4) is 17.0 Å². The number of benzene rings is 1. The largest absolute Gasteiger partial charge is 0.506 e. The standard InChI is InChI=1S/C13H10N2O/c16-11-6-10-7-12(15-13(10)14-8-11)9-4-2-1-3-5-9/h1-8,16H,(H,14,15). The first kappa shape index (κ1) is 8.97. The number of nitrogens with one attached hydrogen (secondary N) is 1. The van der Waals surface area contributed by atoms with Gasteiger partial charge in [0.25, 0.3) is 0 Å². The van der Waals surface area contributed by atoms with E-state index in [9.17, 15) is 5.11 Å². The summed E-state index contributed by atoms with van der Waals surface area (Å²) < 4.78 is 0. The lowest BCUT2D eigenvalue weighted by Gasteiger charge is -1.94. The van der Waals surface area contributed by atoms with Gasteiger partial charge < -0.3 is 10.1 Å². The van der Waals surface area contributed by atoms with Gasteiger partial charge in [0.2, 0.25) is 0 Å². The molecule has 3 heteroatoms. The van der Waals surface area contributed by atoms with Crippen LogP contribution in [0.2, 0.25) is 0 Å². The molecule has 1 aromatic carbocycles. The van der Waals surface area contributed by atoms with Crippen molar-refractivity contribution in [2.45, 2.75) is 0 Å². The molecule has 0 bridgehead atoms. The van der Waals surface area contributed by atoms with Gasteiger partial charge in [-0.25, -0.2) is 4.98 Å². The van der Waals surface area contributed by atoms with Crippen LogP contribution in [0.15, 0.2) is 48.7 Å². The van der Waals surface area contributed by atoms with E-state index in [4.69, 9.17) is 0 Å². The van der Waals surface area contributed by atoms with E-state index in [-0.39, 0.29) is 5.75 Å². The molecule has 0 fully saturated rings. The molecule has 0 amide bonds. The Balaban J connectivity index is 2.19. The van der Waals surface area contributed by atoms with Crippen LogP contribution in [-0.4, -0.2) is 15.1 Å². The van der Waals surface area contributed by atoms with Crippen molar-refractivity contribution >= 4 is 11.0 Å². The molecule has 78 valence electrons. The van der Waals surface area contributed by atoms with E-state index in [0.29, 0.717) is 0 Å². The van der Waals surface area contributed by atoms with Crippen molar-refractivity contribution in [1.29, 1.82) is 0 Å². The van der Waals surface area contributed by atoms with Crippen molar-refractivity contribution in [1.82, 2.24) is 9.97 Å². The van der Waals surface area contributed by atoms with Crippen LogP contribution in [0.4, 0.5) is 0 Å². The Hall–Kier alpha value is -2.29. The zero-order chi connectivity index (χ0) is 11.0. The third-order valence-electron chi connectivity index (χ3n) is 2.54. The summed E-state index contributed by atoms with van der Waals surface area (Å²) in [6, 6.07) is 13.7. The summed E-state index contributed by atoms with van der Waals surface area (Å²) in [5.74, 6) is 0.186. The highest BCUT2D eigenvalue weighted by Crippen LogP contribution is 2.24. The molecule has 3 nitrogen and oxygen atoms in total. The molecule has 0 spiro atoms. The van der Waals surface area contributed by atoms with Gasteiger partial charge in [0.1, 0.15) is 11.4 Å². The van der Waals surface area contributed by atoms with Crippen molar-refractivity contribution in [3.05, 3.63) is 48.7 Å². The molecule has 0 atom stereocenters. The zero-order valence-corrected chi connectivity index (χ0v) is 8.51. The van der Waals surface area contributed by atoms with E-state index in [2.05, 4.69) is 9.97 Å². The van der Waals surface area contributed by atoms with Gasteiger partial charge in [-0.1, -0.05) is 30.3 Å². The number of fused-ring (bicyclic) bond motifs is 1. The minimum absolute atomic E-state index is 0.186. The highest BCUT2D eigenvalue weighted by molar-refractivity contribution is 5.83. The van der Waals surface area contributed by atoms with Gasteiger partial charge >= 0.3 is 0 Å². The molecule has 2 aromatic heterocycles. The highest BCUT2D eigenvalue weighted by Gasteiger charge is 2.04. The molecule has 2 N–H and O–H groups in total. The summed E-state index contributed by atoms with van der Waals surface area (Å²) >= 11 is 0. The Morgan fingerprint density at radius 3 is 2.69 bits per heavy atom. The quantitative estimate of drug-likeness (QED) is 0.648. The summed E-state index contributed by atoms with van der Waals surface area (Å²) in [6.07, 6.45) is 1.44. The normalized spacial score (nSPS) is 10.8. The Morgan fingerprint density at radius 1 is 1.06 bits per heavy atom. The van der Waals surface area contributed by atoms with Crippen LogP contribution in [0.25, 0.3) is 22.3 Å². The van der Waals surface area contributed by atoms with E-state index < -0.39 is 0 Å². The smallest absolute Gasteiger partial charge is 0.137 e. The predicted octanol–water partition coefficient (Wildman–Crippen LogP) is 2.94. The van der Waals surface area contributed by atoms with Gasteiger partial charge in [-0.05, 0) is 17.7 Å². The van der Waals surface area contributed by atoms with E-state index in [1.54, 1.807) is 6.07 Å². The molecule has 3 rings (SSSR count). The van der Waals surface area contributed by atoms with Crippen LogP contribution in [0.5, 0.6) is 5.75 Å². The van der Waals surface area contributed by atoms with Crippen LogP contribution in [0, 0.1) is 0 Å². The summed E-state index contributed by atoms with van der Waals surface area (Å²) in [5, 5.41) is 10.2. The molecule has 2 heterocycles. The first-order valence-electron chi connectivity index (χ1n) is 5.06. The van der Waals surface area contributed by atoms with Crippen molar-refractivity contribution in [3.63, 3.8) is 0 Å². The average Bonchev–Trinajstić information content (AvgIpc) is 2.73. The molecule has 3 aromatic rings. The van der Waals surface area contributed by atoms with Gasteiger partial charge in [0.05, 0.1) is 6.20 Å². The Kier molecular flexibility index (Phi) is 1.90. The van der Waals surface area contributed by atoms with Crippen LogP contribution < -0.4 is 0 Å². The fourth-order valence-corrected chi connectivity index (χ4v) is 1.78. The van der Waals surface area contributed by atoms with Crippen molar-refractivity contribution in [2.75, 3.05) is 0 Å². The lowest BCUT2D eigenvalue weighted by molar-refractivity contribution is 0.474. The first-order valence-corrected chi connectivity index (χ1v) is 5.06. The molecule has 0 radical (unpaired) electrons. The molecule has 0 aliphatic carbocycles. The molecule has 0 saturated carbocycles. The second-order valence-electron chi connectivity index (χ2n) is 3.68. The zero-order valence-electron chi connectivity index (χ0n) is 8.51. The maximum Gasteiger partial charge on any atom is 0.137 e. The number of aromatic amines is 1. The molecule has 0 saturated heterocycles. The fourth-order valence-electron chi connectivity index (χ4n) is 1.78. The molecular formula is C13H10N2O. The third kappa shape index (κ3) is 1.42. The first-order chi connectivity index (χ1) is 7.83. The number of rotatable bonds is 1. The maximum absolute atomic E-state index is 9.33. The number of nitrogens with zero attached hydrogens (tertiary/aromatic N) is 1. The number of H-pyrrole nitrogens is 1. The average molecular weight is 210 g/mol. The minimum atomic E-state index is 0.186. The van der Waals surface area contributed by atoms with Crippen LogP contribution in [0.3, 0.4) is 0 Å². The minimum Gasteiger partial charge on any atom is -0.506 e. The topological polar surface area (TPSA) is 48.9 Å². The van der Waals surface area contributed by atoms with E-state index in [0.717, 1.165) is 22.3 Å². The van der Waals surface area contributed by atoms with Crippen LogP contribution in [0.1, 0.15) is 0 Å². The van der Waals surface area contributed by atoms with Crippen LogP contribution >= 0.6 is 0 Å². The van der Waals surface area contributed by atoms with Crippen molar-refractivity contribution in [2.24, 2.45) is 0 Å². The van der Waals surface area contributed by atoms with E-state index in [1.165, 1.54) is 6.20 Å². The second-order valence-corrected chi connectivity index (χ2v) is 3.68. The van der Waals surface area contributed by atoms with Crippen molar-refractivity contribution < 1.29 is 5.11 Å². The molecule has 0 aliphatic heterocycles. The Morgan fingerprint density at radius 2 is 1.88 bits per heavy atom. The monoisotopic (exact) mass is 210 g/mol. The lowest BCUT2D eigenvalue weighted by atomic mass is 10.1. The predicted molar refractivity (Wildman–Crippen MR) is 63.2 cm³/mol. The van der Waals surface area contributed by atoms with Gasteiger partial charge in [-0.3, -0.25) is 0 Å². The fraction of sp³-hybridized carbons (Fsp3) is 0. The van der Waals surface area contributed by atoms with Gasteiger partial charge in [0.15, 0.2) is 0 Å². The number of hydrogen-bond donors (Lipinski definition) is 2. The summed E-state index contributed by atoms with van der Waals surface area (Å²) in [4.78, 5) is 7.34. The highest BCUT2D eigenvalue weighted by atomic mass is 16.3. The van der Waals surface area contributed by atoms with E-state index >= 15 is 0 Å². The summed E-state index contributed by atoms with van der Waals surface area (Å²) in [6.45, 7) is 0.